The van der Waals surface area contributed by atoms with Crippen LogP contribution in [0.1, 0.15) is 24.9 Å². The Hall–Kier alpha value is -0.970. The molecule has 0 aliphatic rings. The Morgan fingerprint density at radius 1 is 1.41 bits per heavy atom. The fourth-order valence-electron chi connectivity index (χ4n) is 1.54. The van der Waals surface area contributed by atoms with Gasteiger partial charge < -0.3 is 5.32 Å². The molecule has 3 nitrogen and oxygen atoms in total. The van der Waals surface area contributed by atoms with Crippen molar-refractivity contribution < 1.29 is 0 Å². The van der Waals surface area contributed by atoms with Crippen LogP contribution in [0.15, 0.2) is 24.3 Å². The molecule has 1 atom stereocenters. The smallest absolute Gasteiger partial charge is 0.147 e. The first kappa shape index (κ1) is 12.5. The zero-order valence-corrected chi connectivity index (χ0v) is 11.3. The maximum Gasteiger partial charge on any atom is 0.147 e. The van der Waals surface area contributed by atoms with Gasteiger partial charge in [-0.15, -0.1) is 10.2 Å². The number of nitrogens with zero attached hydrogens (tertiary/aromatic N) is 2. The molecule has 0 saturated carbocycles. The van der Waals surface area contributed by atoms with Crippen LogP contribution in [-0.4, -0.2) is 16.7 Å². The van der Waals surface area contributed by atoms with Crippen molar-refractivity contribution in [2.45, 2.75) is 19.9 Å². The second-order valence-electron chi connectivity index (χ2n) is 3.74. The van der Waals surface area contributed by atoms with Crippen LogP contribution in [0.3, 0.4) is 0 Å². The number of nitrogens with one attached hydrogen (secondary N) is 1. The van der Waals surface area contributed by atoms with Crippen LogP contribution in [0.5, 0.6) is 0 Å². The molecule has 1 aromatic heterocycles. The largest absolute Gasteiger partial charge is 0.308 e. The zero-order chi connectivity index (χ0) is 12.3. The molecule has 0 radical (unpaired) electrons. The Morgan fingerprint density at radius 2 is 2.24 bits per heavy atom. The summed E-state index contributed by atoms with van der Waals surface area (Å²) in [5.41, 5.74) is 1.02. The second-order valence-corrected chi connectivity index (χ2v) is 5.18. The minimum Gasteiger partial charge on any atom is -0.308 e. The monoisotopic (exact) mass is 267 g/mol. The van der Waals surface area contributed by atoms with Crippen molar-refractivity contribution in [3.8, 4) is 10.6 Å². The normalized spacial score (nSPS) is 12.6. The topological polar surface area (TPSA) is 37.8 Å². The summed E-state index contributed by atoms with van der Waals surface area (Å²) < 4.78 is 0. The van der Waals surface area contributed by atoms with E-state index in [2.05, 4.69) is 29.4 Å². The van der Waals surface area contributed by atoms with E-state index in [-0.39, 0.29) is 6.04 Å². The Morgan fingerprint density at radius 3 is 2.94 bits per heavy atom. The lowest BCUT2D eigenvalue weighted by Crippen LogP contribution is -2.17. The standard InChI is InChI=1S/C12H14ClN3S/c1-3-14-8(2)11-15-16-12(17-11)9-5-4-6-10(13)7-9/h4-8,14H,3H2,1-2H3. The Bertz CT molecular complexity index is 498. The maximum absolute atomic E-state index is 5.96. The SMILES string of the molecule is CCNC(C)c1nnc(-c2cccc(Cl)c2)s1. The van der Waals surface area contributed by atoms with Gasteiger partial charge >= 0.3 is 0 Å². The first-order valence-electron chi connectivity index (χ1n) is 5.53. The highest BCUT2D eigenvalue weighted by Crippen LogP contribution is 2.28. The third-order valence-electron chi connectivity index (χ3n) is 2.39. The summed E-state index contributed by atoms with van der Waals surface area (Å²) in [6.45, 7) is 5.09. The zero-order valence-electron chi connectivity index (χ0n) is 9.77. The number of benzene rings is 1. The van der Waals surface area contributed by atoms with Crippen molar-refractivity contribution in [1.29, 1.82) is 0 Å². The van der Waals surface area contributed by atoms with E-state index in [9.17, 15) is 0 Å². The summed E-state index contributed by atoms with van der Waals surface area (Å²) in [5.74, 6) is 0. The van der Waals surface area contributed by atoms with Gasteiger partial charge in [-0.25, -0.2) is 0 Å². The molecule has 0 fully saturated rings. The van der Waals surface area contributed by atoms with Crippen molar-refractivity contribution >= 4 is 22.9 Å². The molecule has 90 valence electrons. The van der Waals surface area contributed by atoms with Gasteiger partial charge in [0.25, 0.3) is 0 Å². The van der Waals surface area contributed by atoms with Gasteiger partial charge in [-0.3, -0.25) is 0 Å². The first-order valence-corrected chi connectivity index (χ1v) is 6.73. The summed E-state index contributed by atoms with van der Waals surface area (Å²) >= 11 is 7.56. The molecule has 1 N–H and O–H groups in total. The second kappa shape index (κ2) is 5.58. The molecule has 0 amide bonds. The lowest BCUT2D eigenvalue weighted by Gasteiger charge is -2.06. The lowest BCUT2D eigenvalue weighted by molar-refractivity contribution is 0.590. The Balaban J connectivity index is 2.23. The fourth-order valence-corrected chi connectivity index (χ4v) is 2.60. The highest BCUT2D eigenvalue weighted by molar-refractivity contribution is 7.14. The summed E-state index contributed by atoms with van der Waals surface area (Å²) in [6, 6.07) is 7.92. The third kappa shape index (κ3) is 3.03. The molecule has 0 aliphatic heterocycles. The minimum atomic E-state index is 0.241. The first-order chi connectivity index (χ1) is 8.20. The van der Waals surface area contributed by atoms with E-state index < -0.39 is 0 Å². The van der Waals surface area contributed by atoms with Gasteiger partial charge in [0.05, 0.1) is 6.04 Å². The predicted octanol–water partition coefficient (Wildman–Crippen LogP) is 3.53. The van der Waals surface area contributed by atoms with Gasteiger partial charge in [0, 0.05) is 10.6 Å². The van der Waals surface area contributed by atoms with Crippen LogP contribution in [0.2, 0.25) is 5.02 Å². The minimum absolute atomic E-state index is 0.241. The third-order valence-corrected chi connectivity index (χ3v) is 3.78. The van der Waals surface area contributed by atoms with E-state index in [0.717, 1.165) is 27.1 Å². The molecular weight excluding hydrogens is 254 g/mol. The van der Waals surface area contributed by atoms with Crippen LogP contribution in [0.4, 0.5) is 0 Å². The van der Waals surface area contributed by atoms with E-state index in [4.69, 9.17) is 11.6 Å². The van der Waals surface area contributed by atoms with Crippen molar-refractivity contribution in [2.24, 2.45) is 0 Å². The van der Waals surface area contributed by atoms with E-state index >= 15 is 0 Å². The molecule has 5 heteroatoms. The molecule has 0 spiro atoms. The molecule has 2 rings (SSSR count). The van der Waals surface area contributed by atoms with Crippen molar-refractivity contribution in [3.63, 3.8) is 0 Å². The van der Waals surface area contributed by atoms with Gasteiger partial charge in [-0.2, -0.15) is 0 Å². The van der Waals surface area contributed by atoms with Gasteiger partial charge in [0.15, 0.2) is 0 Å². The summed E-state index contributed by atoms with van der Waals surface area (Å²) in [6.07, 6.45) is 0. The average molecular weight is 268 g/mol. The van der Waals surface area contributed by atoms with Crippen molar-refractivity contribution in [2.75, 3.05) is 6.54 Å². The van der Waals surface area contributed by atoms with Crippen LogP contribution in [0.25, 0.3) is 10.6 Å². The van der Waals surface area contributed by atoms with Gasteiger partial charge in [0.1, 0.15) is 10.0 Å². The average Bonchev–Trinajstić information content (AvgIpc) is 2.78. The van der Waals surface area contributed by atoms with Crippen LogP contribution < -0.4 is 5.32 Å². The van der Waals surface area contributed by atoms with E-state index in [1.807, 2.05) is 24.3 Å². The number of hydrogen-bond donors (Lipinski definition) is 1. The summed E-state index contributed by atoms with van der Waals surface area (Å²) in [7, 11) is 0. The highest BCUT2D eigenvalue weighted by Gasteiger charge is 2.11. The fraction of sp³-hybridized carbons (Fsp3) is 0.333. The molecule has 1 heterocycles. The van der Waals surface area contributed by atoms with Crippen LogP contribution in [0, 0.1) is 0 Å². The lowest BCUT2D eigenvalue weighted by atomic mass is 10.2. The quantitative estimate of drug-likeness (QED) is 0.921. The molecule has 0 bridgehead atoms. The van der Waals surface area contributed by atoms with E-state index in [0.29, 0.717) is 0 Å². The molecule has 17 heavy (non-hydrogen) atoms. The number of hydrogen-bond acceptors (Lipinski definition) is 4. The summed E-state index contributed by atoms with van der Waals surface area (Å²) in [5, 5.41) is 14.4. The summed E-state index contributed by atoms with van der Waals surface area (Å²) in [4.78, 5) is 0. The van der Waals surface area contributed by atoms with E-state index in [1.165, 1.54) is 0 Å². The predicted molar refractivity (Wildman–Crippen MR) is 72.4 cm³/mol. The molecule has 1 aromatic carbocycles. The Kier molecular flexibility index (Phi) is 4.10. The number of halogens is 1. The maximum atomic E-state index is 5.96. The Labute approximate surface area is 110 Å². The number of rotatable bonds is 4. The van der Waals surface area contributed by atoms with Gasteiger partial charge in [-0.1, -0.05) is 42.0 Å². The molecule has 2 aromatic rings. The molecule has 1 unspecified atom stereocenters. The highest BCUT2D eigenvalue weighted by atomic mass is 35.5. The van der Waals surface area contributed by atoms with Gasteiger partial charge in [-0.05, 0) is 25.6 Å². The van der Waals surface area contributed by atoms with Crippen molar-refractivity contribution in [1.82, 2.24) is 15.5 Å². The van der Waals surface area contributed by atoms with Gasteiger partial charge in [0.2, 0.25) is 0 Å². The molecular formula is C12H14ClN3S. The number of aromatic nitrogens is 2. The van der Waals surface area contributed by atoms with E-state index in [1.54, 1.807) is 11.3 Å². The van der Waals surface area contributed by atoms with Crippen LogP contribution >= 0.6 is 22.9 Å². The van der Waals surface area contributed by atoms with Crippen LogP contribution in [-0.2, 0) is 0 Å². The van der Waals surface area contributed by atoms with Crippen molar-refractivity contribution in [3.05, 3.63) is 34.3 Å². The molecule has 0 saturated heterocycles. The molecule has 0 aliphatic carbocycles.